The van der Waals surface area contributed by atoms with E-state index in [0.29, 0.717) is 16.8 Å². The van der Waals surface area contributed by atoms with Crippen molar-refractivity contribution in [2.45, 2.75) is 11.8 Å². The lowest BCUT2D eigenvalue weighted by molar-refractivity contribution is -0.138. The number of carbonyl (C=O) groups is 3. The molecule has 0 aliphatic rings. The second-order valence-electron chi connectivity index (χ2n) is 9.80. The summed E-state index contributed by atoms with van der Waals surface area (Å²) in [6.07, 6.45) is 0.583. The maximum atomic E-state index is 13.1. The van der Waals surface area contributed by atoms with Crippen molar-refractivity contribution in [3.05, 3.63) is 109 Å². The smallest absolute Gasteiger partial charge is 0.417 e. The number of carbonyl (C=O) groups excluding carboxylic acids is 3. The van der Waals surface area contributed by atoms with Crippen molar-refractivity contribution >= 4 is 57.1 Å². The molecule has 2 amide bonds. The lowest BCUT2D eigenvalue weighted by Gasteiger charge is -2.19. The number of amides is 2. The van der Waals surface area contributed by atoms with E-state index in [9.17, 15) is 14.4 Å². The van der Waals surface area contributed by atoms with Gasteiger partial charge in [0.05, 0.1) is 6.54 Å². The molecule has 8 nitrogen and oxygen atoms in total. The Labute approximate surface area is 259 Å². The van der Waals surface area contributed by atoms with Crippen LogP contribution in [0.2, 0.25) is 0 Å². The van der Waals surface area contributed by atoms with Crippen LogP contribution >= 0.6 is 11.8 Å². The molecule has 0 atom stereocenters. The van der Waals surface area contributed by atoms with Gasteiger partial charge in [-0.05, 0) is 71.1 Å². The molecule has 0 aliphatic heterocycles. The third kappa shape index (κ3) is 7.02. The van der Waals surface area contributed by atoms with Crippen molar-refractivity contribution in [1.82, 2.24) is 5.32 Å². The maximum absolute atomic E-state index is 13.1. The summed E-state index contributed by atoms with van der Waals surface area (Å²) in [7, 11) is 0. The van der Waals surface area contributed by atoms with Gasteiger partial charge < -0.3 is 19.5 Å². The van der Waals surface area contributed by atoms with E-state index < -0.39 is 18.2 Å². The van der Waals surface area contributed by atoms with Crippen LogP contribution in [0.5, 0.6) is 11.5 Å². The zero-order valence-electron chi connectivity index (χ0n) is 24.2. The van der Waals surface area contributed by atoms with Crippen LogP contribution in [0.25, 0.3) is 32.7 Å². The standard InChI is InChI=1S/C35H30N2O6S/c1-22(2)33(38)41-21-20-36-34(39)42-29-18-12-23-8-4-6-10-27(23)31(29)32-28-11-7-5-9-24(28)13-19-30(32)43-35(40)37-25-14-16-26(44-3)17-15-25/h4-19H,1,20-21H2,2-3H3,(H,36,39)(H,37,40). The summed E-state index contributed by atoms with van der Waals surface area (Å²) < 4.78 is 16.8. The Morgan fingerprint density at radius 3 is 1.82 bits per heavy atom. The van der Waals surface area contributed by atoms with Gasteiger partial charge in [0, 0.05) is 27.3 Å². The average molecular weight is 607 g/mol. The summed E-state index contributed by atoms with van der Waals surface area (Å²) in [5, 5.41) is 8.80. The highest BCUT2D eigenvalue weighted by Crippen LogP contribution is 2.45. The molecule has 5 aromatic rings. The molecule has 0 saturated heterocycles. The van der Waals surface area contributed by atoms with Gasteiger partial charge in [-0.1, -0.05) is 67.2 Å². The summed E-state index contributed by atoms with van der Waals surface area (Å²) >= 11 is 1.61. The number of esters is 1. The van der Waals surface area contributed by atoms with E-state index in [2.05, 4.69) is 17.2 Å². The van der Waals surface area contributed by atoms with Gasteiger partial charge in [0.25, 0.3) is 0 Å². The van der Waals surface area contributed by atoms with Crippen molar-refractivity contribution in [1.29, 1.82) is 0 Å². The quantitative estimate of drug-likeness (QED) is 0.0754. The molecule has 0 saturated carbocycles. The Hall–Kier alpha value is -5.28. The third-order valence-electron chi connectivity index (χ3n) is 6.73. The largest absolute Gasteiger partial charge is 0.460 e. The minimum atomic E-state index is -0.734. The molecule has 0 spiro atoms. The SMILES string of the molecule is C=C(C)C(=O)OCCNC(=O)Oc1ccc2ccccc2c1-c1c(OC(=O)Nc2ccc(SC)cc2)ccc2ccccc12. The molecule has 9 heteroatoms. The summed E-state index contributed by atoms with van der Waals surface area (Å²) in [5.41, 5.74) is 2.03. The van der Waals surface area contributed by atoms with E-state index in [-0.39, 0.29) is 30.2 Å². The van der Waals surface area contributed by atoms with Crippen LogP contribution in [-0.4, -0.2) is 37.6 Å². The molecule has 222 valence electrons. The molecule has 0 aromatic heterocycles. The predicted octanol–water partition coefficient (Wildman–Crippen LogP) is 8.20. The van der Waals surface area contributed by atoms with Crippen LogP contribution in [0, 0.1) is 0 Å². The summed E-state index contributed by atoms with van der Waals surface area (Å²) in [5.74, 6) is 0.00568. The van der Waals surface area contributed by atoms with Gasteiger partial charge in [0.15, 0.2) is 0 Å². The molecule has 2 N–H and O–H groups in total. The van der Waals surface area contributed by atoms with Crippen LogP contribution in [-0.2, 0) is 9.53 Å². The van der Waals surface area contributed by atoms with Gasteiger partial charge in [-0.2, -0.15) is 0 Å². The van der Waals surface area contributed by atoms with Crippen molar-refractivity contribution in [3.8, 4) is 22.6 Å². The van der Waals surface area contributed by atoms with Crippen LogP contribution in [0.15, 0.2) is 114 Å². The number of thioether (sulfide) groups is 1. The fourth-order valence-corrected chi connectivity index (χ4v) is 5.07. The molecular formula is C35H30N2O6S. The number of ether oxygens (including phenoxy) is 3. The monoisotopic (exact) mass is 606 g/mol. The van der Waals surface area contributed by atoms with Crippen LogP contribution in [0.4, 0.5) is 15.3 Å². The third-order valence-corrected chi connectivity index (χ3v) is 7.47. The highest BCUT2D eigenvalue weighted by Gasteiger charge is 2.22. The minimum absolute atomic E-state index is 0.0399. The van der Waals surface area contributed by atoms with Gasteiger partial charge in [0.2, 0.25) is 0 Å². The Balaban J connectivity index is 1.51. The Morgan fingerprint density at radius 2 is 1.27 bits per heavy atom. The van der Waals surface area contributed by atoms with Crippen molar-refractivity contribution < 1.29 is 28.6 Å². The molecule has 0 aliphatic carbocycles. The number of fused-ring (bicyclic) bond motifs is 2. The van der Waals surface area contributed by atoms with Gasteiger partial charge in [-0.25, -0.2) is 14.4 Å². The fourth-order valence-electron chi connectivity index (χ4n) is 4.66. The van der Waals surface area contributed by atoms with E-state index in [0.717, 1.165) is 26.4 Å². The first kappa shape index (κ1) is 30.2. The maximum Gasteiger partial charge on any atom is 0.417 e. The van der Waals surface area contributed by atoms with Crippen LogP contribution in [0.3, 0.4) is 0 Å². The first-order valence-corrected chi connectivity index (χ1v) is 15.0. The van der Waals surface area contributed by atoms with Crippen LogP contribution in [0.1, 0.15) is 6.92 Å². The molecular weight excluding hydrogens is 576 g/mol. The lowest BCUT2D eigenvalue weighted by atomic mass is 9.92. The molecule has 0 unspecified atom stereocenters. The van der Waals surface area contributed by atoms with Gasteiger partial charge in [-0.3, -0.25) is 5.32 Å². The van der Waals surface area contributed by atoms with Gasteiger partial charge in [0.1, 0.15) is 18.1 Å². The zero-order valence-corrected chi connectivity index (χ0v) is 25.0. The van der Waals surface area contributed by atoms with E-state index >= 15 is 0 Å². The number of nitrogens with one attached hydrogen (secondary N) is 2. The Morgan fingerprint density at radius 1 is 0.727 bits per heavy atom. The number of rotatable bonds is 9. The average Bonchev–Trinajstić information content (AvgIpc) is 3.03. The van der Waals surface area contributed by atoms with Crippen LogP contribution < -0.4 is 20.1 Å². The first-order chi connectivity index (χ1) is 21.3. The first-order valence-electron chi connectivity index (χ1n) is 13.8. The molecule has 0 heterocycles. The molecule has 44 heavy (non-hydrogen) atoms. The number of anilines is 1. The highest BCUT2D eigenvalue weighted by molar-refractivity contribution is 7.98. The number of benzene rings is 5. The topological polar surface area (TPSA) is 103 Å². The van der Waals surface area contributed by atoms with Crippen molar-refractivity contribution in [2.75, 3.05) is 24.7 Å². The molecule has 0 fully saturated rings. The molecule has 0 bridgehead atoms. The Bertz CT molecular complexity index is 1870. The van der Waals surface area contributed by atoms with E-state index in [1.54, 1.807) is 30.8 Å². The predicted molar refractivity (Wildman–Crippen MR) is 175 cm³/mol. The van der Waals surface area contributed by atoms with Crippen molar-refractivity contribution in [2.24, 2.45) is 0 Å². The normalized spacial score (nSPS) is 10.7. The second kappa shape index (κ2) is 13.8. The minimum Gasteiger partial charge on any atom is -0.460 e. The number of hydrogen-bond acceptors (Lipinski definition) is 7. The summed E-state index contributed by atoms with van der Waals surface area (Å²) in [6.45, 7) is 5.09. The Kier molecular flexibility index (Phi) is 9.46. The van der Waals surface area contributed by atoms with E-state index in [1.807, 2.05) is 91.2 Å². The van der Waals surface area contributed by atoms with E-state index in [4.69, 9.17) is 14.2 Å². The molecule has 5 rings (SSSR count). The zero-order chi connectivity index (χ0) is 31.1. The molecule has 0 radical (unpaired) electrons. The summed E-state index contributed by atoms with van der Waals surface area (Å²) in [4.78, 5) is 38.8. The fraction of sp³-hybridized carbons (Fsp3) is 0.114. The van der Waals surface area contributed by atoms with Crippen molar-refractivity contribution in [3.63, 3.8) is 0 Å². The lowest BCUT2D eigenvalue weighted by Crippen LogP contribution is -2.30. The summed E-state index contributed by atoms with van der Waals surface area (Å²) in [6, 6.07) is 30.0. The van der Waals surface area contributed by atoms with E-state index in [1.165, 1.54) is 0 Å². The highest BCUT2D eigenvalue weighted by atomic mass is 32.2. The van der Waals surface area contributed by atoms with Gasteiger partial charge in [-0.15, -0.1) is 11.8 Å². The van der Waals surface area contributed by atoms with Gasteiger partial charge >= 0.3 is 18.2 Å². The second-order valence-corrected chi connectivity index (χ2v) is 10.7. The number of hydrogen-bond donors (Lipinski definition) is 2. The molecule has 5 aromatic carbocycles.